The minimum absolute atomic E-state index is 0.0675. The Balaban J connectivity index is 2.42. The van der Waals surface area contributed by atoms with E-state index in [4.69, 9.17) is 5.73 Å². The van der Waals surface area contributed by atoms with Gasteiger partial charge in [0, 0.05) is 11.9 Å². The van der Waals surface area contributed by atoms with Crippen LogP contribution in [0.3, 0.4) is 0 Å². The standard InChI is InChI=1S/C12H15N3O4/c1-19-12(18)6-2-3-7-8(4-6)14-15-10(7)11(17)9(16)5-13/h2-4,9,11,16-17H,5,13H2,1H3,(H,14,15). The predicted octanol–water partition coefficient (Wildman–Crippen LogP) is -0.298. The summed E-state index contributed by atoms with van der Waals surface area (Å²) in [6, 6.07) is 4.74. The van der Waals surface area contributed by atoms with Gasteiger partial charge < -0.3 is 20.7 Å². The van der Waals surface area contributed by atoms with E-state index in [1.54, 1.807) is 18.2 Å². The molecule has 2 aromatic rings. The molecule has 2 rings (SSSR count). The summed E-state index contributed by atoms with van der Waals surface area (Å²) < 4.78 is 4.61. The van der Waals surface area contributed by atoms with Gasteiger partial charge >= 0.3 is 5.97 Å². The van der Waals surface area contributed by atoms with Gasteiger partial charge in [0.2, 0.25) is 0 Å². The number of rotatable bonds is 4. The number of hydrogen-bond donors (Lipinski definition) is 4. The summed E-state index contributed by atoms with van der Waals surface area (Å²) in [6.45, 7) is -0.0675. The highest BCUT2D eigenvalue weighted by Gasteiger charge is 2.21. The van der Waals surface area contributed by atoms with E-state index in [0.29, 0.717) is 22.2 Å². The molecule has 0 radical (unpaired) electrons. The third-order valence-electron chi connectivity index (χ3n) is 2.91. The van der Waals surface area contributed by atoms with E-state index in [-0.39, 0.29) is 6.54 Å². The summed E-state index contributed by atoms with van der Waals surface area (Å²) >= 11 is 0. The summed E-state index contributed by atoms with van der Waals surface area (Å²) in [7, 11) is 1.30. The third kappa shape index (κ3) is 2.43. The van der Waals surface area contributed by atoms with Gasteiger partial charge in [0.1, 0.15) is 6.10 Å². The van der Waals surface area contributed by atoms with Crippen LogP contribution in [0.5, 0.6) is 0 Å². The molecule has 0 fully saturated rings. The average molecular weight is 265 g/mol. The van der Waals surface area contributed by atoms with E-state index in [0.717, 1.165) is 0 Å². The largest absolute Gasteiger partial charge is 0.465 e. The zero-order chi connectivity index (χ0) is 14.0. The molecule has 1 heterocycles. The number of benzene rings is 1. The number of nitrogens with one attached hydrogen (secondary N) is 1. The maximum Gasteiger partial charge on any atom is 0.337 e. The summed E-state index contributed by atoms with van der Waals surface area (Å²) in [5.41, 5.74) is 6.53. The minimum atomic E-state index is -1.15. The number of H-pyrrole nitrogens is 1. The Labute approximate surface area is 109 Å². The van der Waals surface area contributed by atoms with Crippen molar-refractivity contribution in [2.45, 2.75) is 12.2 Å². The lowest BCUT2D eigenvalue weighted by Gasteiger charge is -2.14. The van der Waals surface area contributed by atoms with Crippen molar-refractivity contribution in [3.8, 4) is 0 Å². The molecule has 0 saturated heterocycles. The van der Waals surface area contributed by atoms with Gasteiger partial charge in [-0.2, -0.15) is 5.10 Å². The minimum Gasteiger partial charge on any atom is -0.465 e. The fourth-order valence-corrected chi connectivity index (χ4v) is 1.82. The van der Waals surface area contributed by atoms with Crippen molar-refractivity contribution in [2.24, 2.45) is 5.73 Å². The van der Waals surface area contributed by atoms with Crippen molar-refractivity contribution >= 4 is 16.9 Å². The van der Waals surface area contributed by atoms with Crippen LogP contribution in [0.2, 0.25) is 0 Å². The SMILES string of the molecule is COC(=O)c1ccc2c(C(O)C(O)CN)[nH]nc2c1. The topological polar surface area (TPSA) is 121 Å². The fraction of sp³-hybridized carbons (Fsp3) is 0.333. The number of aliphatic hydroxyl groups excluding tert-OH is 2. The molecule has 2 atom stereocenters. The van der Waals surface area contributed by atoms with Gasteiger partial charge in [-0.25, -0.2) is 4.79 Å². The van der Waals surface area contributed by atoms with E-state index >= 15 is 0 Å². The number of aliphatic hydroxyl groups is 2. The van der Waals surface area contributed by atoms with E-state index in [9.17, 15) is 15.0 Å². The Kier molecular flexibility index (Phi) is 3.79. The third-order valence-corrected chi connectivity index (χ3v) is 2.91. The molecule has 5 N–H and O–H groups in total. The second-order valence-electron chi connectivity index (χ2n) is 4.11. The molecule has 1 aromatic heterocycles. The molecular weight excluding hydrogens is 250 g/mol. The molecule has 1 aromatic carbocycles. The first kappa shape index (κ1) is 13.5. The summed E-state index contributed by atoms with van der Waals surface area (Å²) in [4.78, 5) is 11.4. The number of fused-ring (bicyclic) bond motifs is 1. The maximum absolute atomic E-state index is 11.4. The number of hydrogen-bond acceptors (Lipinski definition) is 6. The van der Waals surface area contributed by atoms with Crippen LogP contribution in [0.4, 0.5) is 0 Å². The molecule has 0 amide bonds. The van der Waals surface area contributed by atoms with Gasteiger partial charge in [0.05, 0.1) is 30.0 Å². The Bertz CT molecular complexity index is 596. The predicted molar refractivity (Wildman–Crippen MR) is 67.5 cm³/mol. The van der Waals surface area contributed by atoms with Gasteiger partial charge in [-0.3, -0.25) is 5.10 Å². The number of methoxy groups -OCH3 is 1. The van der Waals surface area contributed by atoms with Crippen LogP contribution in [0.1, 0.15) is 22.2 Å². The molecule has 7 nitrogen and oxygen atoms in total. The number of esters is 1. The molecular formula is C12H15N3O4. The number of ether oxygens (including phenoxy) is 1. The lowest BCUT2D eigenvalue weighted by atomic mass is 10.1. The Morgan fingerprint density at radius 2 is 2.26 bits per heavy atom. The fourth-order valence-electron chi connectivity index (χ4n) is 1.82. The highest BCUT2D eigenvalue weighted by molar-refractivity contribution is 5.94. The first-order valence-electron chi connectivity index (χ1n) is 5.71. The molecule has 0 saturated carbocycles. The first-order chi connectivity index (χ1) is 9.08. The highest BCUT2D eigenvalue weighted by atomic mass is 16.5. The highest BCUT2D eigenvalue weighted by Crippen LogP contribution is 2.24. The molecule has 0 spiro atoms. The van der Waals surface area contributed by atoms with Gasteiger partial charge in [-0.15, -0.1) is 0 Å². The zero-order valence-electron chi connectivity index (χ0n) is 10.3. The molecule has 0 bridgehead atoms. The Morgan fingerprint density at radius 3 is 2.89 bits per heavy atom. The van der Waals surface area contributed by atoms with E-state index in [2.05, 4.69) is 14.9 Å². The van der Waals surface area contributed by atoms with Crippen LogP contribution in [-0.4, -0.2) is 46.1 Å². The second kappa shape index (κ2) is 5.35. The molecule has 2 unspecified atom stereocenters. The lowest BCUT2D eigenvalue weighted by molar-refractivity contribution is 0.0225. The molecule has 102 valence electrons. The Hall–Kier alpha value is -1.96. The van der Waals surface area contributed by atoms with Gasteiger partial charge in [-0.05, 0) is 18.2 Å². The van der Waals surface area contributed by atoms with E-state index in [1.165, 1.54) is 7.11 Å². The van der Waals surface area contributed by atoms with Crippen LogP contribution in [0.15, 0.2) is 18.2 Å². The maximum atomic E-state index is 11.4. The second-order valence-corrected chi connectivity index (χ2v) is 4.11. The van der Waals surface area contributed by atoms with Crippen molar-refractivity contribution in [1.82, 2.24) is 10.2 Å². The lowest BCUT2D eigenvalue weighted by Crippen LogP contribution is -2.27. The van der Waals surface area contributed by atoms with Gasteiger partial charge in [-0.1, -0.05) is 0 Å². The van der Waals surface area contributed by atoms with E-state index < -0.39 is 18.2 Å². The van der Waals surface area contributed by atoms with Gasteiger partial charge in [0.15, 0.2) is 0 Å². The number of aromatic nitrogens is 2. The number of nitrogens with zero attached hydrogens (tertiary/aromatic N) is 1. The van der Waals surface area contributed by atoms with Crippen molar-refractivity contribution in [2.75, 3.05) is 13.7 Å². The molecule has 19 heavy (non-hydrogen) atoms. The van der Waals surface area contributed by atoms with Crippen LogP contribution >= 0.6 is 0 Å². The summed E-state index contributed by atoms with van der Waals surface area (Å²) in [6.07, 6.45) is -2.23. The number of nitrogens with two attached hydrogens (primary N) is 1. The molecule has 7 heteroatoms. The van der Waals surface area contributed by atoms with Crippen molar-refractivity contribution in [1.29, 1.82) is 0 Å². The van der Waals surface area contributed by atoms with Crippen molar-refractivity contribution < 1.29 is 19.7 Å². The van der Waals surface area contributed by atoms with Crippen LogP contribution < -0.4 is 5.73 Å². The van der Waals surface area contributed by atoms with Crippen LogP contribution in [0.25, 0.3) is 10.9 Å². The molecule has 0 aliphatic rings. The summed E-state index contributed by atoms with van der Waals surface area (Å²) in [5, 5.41) is 26.7. The molecule has 0 aliphatic carbocycles. The number of carbonyl (C=O) groups excluding carboxylic acids is 1. The zero-order valence-corrected chi connectivity index (χ0v) is 10.3. The van der Waals surface area contributed by atoms with Crippen molar-refractivity contribution in [3.05, 3.63) is 29.5 Å². The van der Waals surface area contributed by atoms with Crippen LogP contribution in [0, 0.1) is 0 Å². The quantitative estimate of drug-likeness (QED) is 0.563. The smallest absolute Gasteiger partial charge is 0.337 e. The average Bonchev–Trinajstić information content (AvgIpc) is 2.87. The Morgan fingerprint density at radius 1 is 1.53 bits per heavy atom. The molecule has 0 aliphatic heterocycles. The van der Waals surface area contributed by atoms with E-state index in [1.807, 2.05) is 0 Å². The first-order valence-corrected chi connectivity index (χ1v) is 5.71. The van der Waals surface area contributed by atoms with Gasteiger partial charge in [0.25, 0.3) is 0 Å². The van der Waals surface area contributed by atoms with Crippen LogP contribution in [-0.2, 0) is 4.74 Å². The number of aromatic amines is 1. The summed E-state index contributed by atoms with van der Waals surface area (Å²) in [5.74, 6) is -0.464. The number of carbonyl (C=O) groups is 1. The normalized spacial score (nSPS) is 14.3. The van der Waals surface area contributed by atoms with Crippen molar-refractivity contribution in [3.63, 3.8) is 0 Å². The monoisotopic (exact) mass is 265 g/mol.